The van der Waals surface area contributed by atoms with E-state index in [-0.39, 0.29) is 11.5 Å². The van der Waals surface area contributed by atoms with Gasteiger partial charge >= 0.3 is 5.97 Å². The summed E-state index contributed by atoms with van der Waals surface area (Å²) in [4.78, 5) is 24.7. The molecule has 0 saturated heterocycles. The molecular formula is C19H21N3O4. The molecule has 0 spiro atoms. The predicted molar refractivity (Wildman–Crippen MR) is 97.6 cm³/mol. The van der Waals surface area contributed by atoms with Gasteiger partial charge in [-0.25, -0.2) is 4.79 Å². The molecule has 0 aliphatic heterocycles. The highest BCUT2D eigenvalue weighted by Gasteiger charge is 2.25. The largest absolute Gasteiger partial charge is 0.464 e. The maximum atomic E-state index is 12.8. The molecule has 7 nitrogen and oxygen atoms in total. The van der Waals surface area contributed by atoms with Crippen molar-refractivity contribution in [1.29, 1.82) is 0 Å². The van der Waals surface area contributed by atoms with E-state index in [9.17, 15) is 9.59 Å². The predicted octanol–water partition coefficient (Wildman–Crippen LogP) is 3.38. The second kappa shape index (κ2) is 6.67. The first-order valence-electron chi connectivity index (χ1n) is 8.32. The minimum Gasteiger partial charge on any atom is -0.464 e. The van der Waals surface area contributed by atoms with Crippen molar-refractivity contribution >= 4 is 28.5 Å². The second-order valence-corrected chi connectivity index (χ2v) is 6.12. The highest BCUT2D eigenvalue weighted by Crippen LogP contribution is 2.28. The van der Waals surface area contributed by atoms with Crippen molar-refractivity contribution in [2.24, 2.45) is 7.05 Å². The van der Waals surface area contributed by atoms with E-state index >= 15 is 0 Å². The van der Waals surface area contributed by atoms with Gasteiger partial charge in [-0.15, -0.1) is 0 Å². The Morgan fingerprint density at radius 3 is 2.69 bits per heavy atom. The molecule has 2 aromatic heterocycles. The van der Waals surface area contributed by atoms with E-state index in [1.807, 2.05) is 25.1 Å². The van der Waals surface area contributed by atoms with Crippen LogP contribution in [0.4, 0.5) is 5.69 Å². The summed E-state index contributed by atoms with van der Waals surface area (Å²) in [5, 5.41) is 7.76. The fourth-order valence-electron chi connectivity index (χ4n) is 2.87. The van der Waals surface area contributed by atoms with Crippen LogP contribution in [0.15, 0.2) is 22.6 Å². The number of esters is 1. The second-order valence-electron chi connectivity index (χ2n) is 6.12. The number of hydrogen-bond donors (Lipinski definition) is 1. The van der Waals surface area contributed by atoms with E-state index < -0.39 is 11.9 Å². The van der Waals surface area contributed by atoms with Gasteiger partial charge in [-0.05, 0) is 38.0 Å². The van der Waals surface area contributed by atoms with Gasteiger partial charge in [0.05, 0.1) is 18.5 Å². The van der Waals surface area contributed by atoms with E-state index in [1.54, 1.807) is 14.0 Å². The van der Waals surface area contributed by atoms with Crippen molar-refractivity contribution in [2.75, 3.05) is 12.4 Å². The highest BCUT2D eigenvalue weighted by molar-refractivity contribution is 6.09. The third kappa shape index (κ3) is 2.85. The quantitative estimate of drug-likeness (QED) is 0.725. The number of fused-ring (bicyclic) bond motifs is 1. The molecule has 0 bridgehead atoms. The van der Waals surface area contributed by atoms with Crippen molar-refractivity contribution in [3.05, 3.63) is 46.5 Å². The molecule has 136 valence electrons. The molecule has 0 aliphatic rings. The van der Waals surface area contributed by atoms with Gasteiger partial charge in [-0.1, -0.05) is 13.0 Å². The molecule has 0 unspecified atom stereocenters. The minimum atomic E-state index is -0.613. The molecular weight excluding hydrogens is 334 g/mol. The van der Waals surface area contributed by atoms with Crippen LogP contribution in [0.5, 0.6) is 0 Å². The summed E-state index contributed by atoms with van der Waals surface area (Å²) in [5.74, 6) is -0.830. The number of nitrogens with zero attached hydrogens (tertiary/aromatic N) is 2. The summed E-state index contributed by atoms with van der Waals surface area (Å²) < 4.78 is 12.0. The number of aryl methyl sites for hydroxylation is 3. The Morgan fingerprint density at radius 1 is 1.31 bits per heavy atom. The van der Waals surface area contributed by atoms with Gasteiger partial charge in [-0.2, -0.15) is 5.10 Å². The van der Waals surface area contributed by atoms with Crippen LogP contribution in [0, 0.1) is 13.8 Å². The lowest BCUT2D eigenvalue weighted by Crippen LogP contribution is -2.15. The van der Waals surface area contributed by atoms with Crippen LogP contribution in [0.1, 0.15) is 44.8 Å². The Morgan fingerprint density at radius 2 is 2.04 bits per heavy atom. The first-order valence-corrected chi connectivity index (χ1v) is 8.32. The van der Waals surface area contributed by atoms with E-state index in [2.05, 4.69) is 17.3 Å². The highest BCUT2D eigenvalue weighted by atomic mass is 16.5. The zero-order valence-corrected chi connectivity index (χ0v) is 15.5. The molecule has 2 heterocycles. The minimum absolute atomic E-state index is 0.0582. The Hall–Kier alpha value is -3.09. The maximum Gasteiger partial charge on any atom is 0.360 e. The van der Waals surface area contributed by atoms with Crippen LogP contribution in [0.25, 0.3) is 11.0 Å². The number of aromatic nitrogens is 2. The van der Waals surface area contributed by atoms with Gasteiger partial charge in [0.15, 0.2) is 11.5 Å². The van der Waals surface area contributed by atoms with Crippen molar-refractivity contribution in [2.45, 2.75) is 27.2 Å². The van der Waals surface area contributed by atoms with Gasteiger partial charge in [-0.3, -0.25) is 9.48 Å². The molecule has 1 aromatic carbocycles. The molecule has 0 atom stereocenters. The van der Waals surface area contributed by atoms with Crippen LogP contribution in [-0.4, -0.2) is 28.8 Å². The number of carbonyl (C=O) groups excluding carboxylic acids is 2. The molecule has 26 heavy (non-hydrogen) atoms. The molecule has 7 heteroatoms. The Labute approximate surface area is 150 Å². The lowest BCUT2D eigenvalue weighted by molar-refractivity contribution is 0.0594. The normalized spacial score (nSPS) is 11.0. The van der Waals surface area contributed by atoms with E-state index in [1.165, 1.54) is 17.4 Å². The Kier molecular flexibility index (Phi) is 4.54. The SMILES string of the molecule is CCc1ccc2oc(C(=O)Nc3c(C(=O)OC)nn(C)c3C)c(C)c2c1. The number of hydrogen-bond acceptors (Lipinski definition) is 5. The molecule has 1 N–H and O–H groups in total. The lowest BCUT2D eigenvalue weighted by Gasteiger charge is -2.05. The maximum absolute atomic E-state index is 12.8. The number of carbonyl (C=O) groups is 2. The van der Waals surface area contributed by atoms with Gasteiger partial charge in [0.2, 0.25) is 0 Å². The molecule has 0 saturated carbocycles. The number of furan rings is 1. The fourth-order valence-corrected chi connectivity index (χ4v) is 2.87. The molecule has 3 rings (SSSR count). The lowest BCUT2D eigenvalue weighted by atomic mass is 10.1. The monoisotopic (exact) mass is 355 g/mol. The van der Waals surface area contributed by atoms with Gasteiger partial charge < -0.3 is 14.5 Å². The van der Waals surface area contributed by atoms with Crippen molar-refractivity contribution in [1.82, 2.24) is 9.78 Å². The smallest absolute Gasteiger partial charge is 0.360 e. The van der Waals surface area contributed by atoms with Crippen LogP contribution in [0.3, 0.4) is 0 Å². The average Bonchev–Trinajstić information content (AvgIpc) is 3.12. The van der Waals surface area contributed by atoms with Crippen LogP contribution < -0.4 is 5.32 Å². The molecule has 3 aromatic rings. The Bertz CT molecular complexity index is 1010. The first kappa shape index (κ1) is 17.7. The Balaban J connectivity index is 2.00. The number of benzene rings is 1. The van der Waals surface area contributed by atoms with Crippen LogP contribution >= 0.6 is 0 Å². The number of amides is 1. The number of anilines is 1. The van der Waals surface area contributed by atoms with Gasteiger partial charge in [0.25, 0.3) is 5.91 Å². The van der Waals surface area contributed by atoms with Crippen molar-refractivity contribution < 1.29 is 18.7 Å². The standard InChI is InChI=1S/C19H21N3O4/c1-6-12-7-8-14-13(9-12)10(2)17(26-14)18(23)20-15-11(3)22(4)21-16(15)19(24)25-5/h7-9H,6H2,1-5H3,(H,20,23). The van der Waals surface area contributed by atoms with Gasteiger partial charge in [0, 0.05) is 18.0 Å². The third-order valence-electron chi connectivity index (χ3n) is 4.57. The summed E-state index contributed by atoms with van der Waals surface area (Å²) in [6.45, 7) is 5.68. The van der Waals surface area contributed by atoms with Crippen molar-refractivity contribution in [3.8, 4) is 0 Å². The van der Waals surface area contributed by atoms with Gasteiger partial charge in [0.1, 0.15) is 5.58 Å². The third-order valence-corrected chi connectivity index (χ3v) is 4.57. The zero-order valence-electron chi connectivity index (χ0n) is 15.5. The fraction of sp³-hybridized carbons (Fsp3) is 0.316. The first-order chi connectivity index (χ1) is 12.4. The summed E-state index contributed by atoms with van der Waals surface area (Å²) >= 11 is 0. The molecule has 0 aliphatic carbocycles. The summed E-state index contributed by atoms with van der Waals surface area (Å²) in [6, 6.07) is 5.88. The van der Waals surface area contributed by atoms with Crippen molar-refractivity contribution in [3.63, 3.8) is 0 Å². The molecule has 1 amide bonds. The van der Waals surface area contributed by atoms with E-state index in [0.717, 1.165) is 17.4 Å². The average molecular weight is 355 g/mol. The van der Waals surface area contributed by atoms with E-state index in [0.29, 0.717) is 17.0 Å². The number of methoxy groups -OCH3 is 1. The topological polar surface area (TPSA) is 86.4 Å². The number of nitrogens with one attached hydrogen (secondary N) is 1. The summed E-state index contributed by atoms with van der Waals surface area (Å²) in [7, 11) is 2.96. The van der Waals surface area contributed by atoms with Crippen LogP contribution in [-0.2, 0) is 18.2 Å². The summed E-state index contributed by atoms with van der Waals surface area (Å²) in [6.07, 6.45) is 0.902. The molecule has 0 fully saturated rings. The van der Waals surface area contributed by atoms with E-state index in [4.69, 9.17) is 9.15 Å². The number of rotatable bonds is 4. The summed E-state index contributed by atoms with van der Waals surface area (Å²) in [5.41, 5.74) is 3.60. The zero-order chi connectivity index (χ0) is 19.0. The number of ether oxygens (including phenoxy) is 1. The van der Waals surface area contributed by atoms with Crippen LogP contribution in [0.2, 0.25) is 0 Å². The molecule has 0 radical (unpaired) electrons.